The summed E-state index contributed by atoms with van der Waals surface area (Å²) in [4.78, 5) is 2.22. The minimum absolute atomic E-state index is 0.594. The number of ether oxygens (including phenoxy) is 1. The van der Waals surface area contributed by atoms with E-state index in [1.807, 2.05) is 19.1 Å². The van der Waals surface area contributed by atoms with Crippen LogP contribution in [0.15, 0.2) is 12.1 Å². The lowest BCUT2D eigenvalue weighted by molar-refractivity contribution is 0.322. The fourth-order valence-corrected chi connectivity index (χ4v) is 1.60. The smallest absolute Gasteiger partial charge is 0.233 e. The predicted molar refractivity (Wildman–Crippen MR) is 58.3 cm³/mol. The molecule has 0 unspecified atom stereocenters. The Kier molecular flexibility index (Phi) is 3.34. The van der Waals surface area contributed by atoms with Gasteiger partial charge in [-0.3, -0.25) is 0 Å². The van der Waals surface area contributed by atoms with Crippen molar-refractivity contribution >= 4 is 5.82 Å². The third-order valence-corrected chi connectivity index (χ3v) is 2.36. The van der Waals surface area contributed by atoms with Crippen LogP contribution in [0.2, 0.25) is 0 Å². The Bertz CT molecular complexity index is 295. The van der Waals surface area contributed by atoms with Gasteiger partial charge in [0.05, 0.1) is 6.61 Å². The van der Waals surface area contributed by atoms with Gasteiger partial charge in [0.25, 0.3) is 0 Å². The van der Waals surface area contributed by atoms with Gasteiger partial charge in [-0.2, -0.15) is 0 Å². The summed E-state index contributed by atoms with van der Waals surface area (Å²) in [7, 11) is 0. The van der Waals surface area contributed by atoms with E-state index in [1.54, 1.807) is 0 Å². The monoisotopic (exact) mass is 208 g/mol. The molecule has 82 valence electrons. The molecular weight excluding hydrogens is 192 g/mol. The maximum atomic E-state index is 5.24. The first-order valence-corrected chi connectivity index (χ1v) is 5.32. The fraction of sp³-hybridized carbons (Fsp3) is 0.600. The Morgan fingerprint density at radius 1 is 1.33 bits per heavy atom. The molecule has 0 aromatic carbocycles. The van der Waals surface area contributed by atoms with E-state index in [0.29, 0.717) is 12.5 Å². The molecule has 2 rings (SSSR count). The van der Waals surface area contributed by atoms with Crippen LogP contribution in [0, 0.1) is 0 Å². The van der Waals surface area contributed by atoms with Crippen LogP contribution in [0.3, 0.4) is 0 Å². The summed E-state index contributed by atoms with van der Waals surface area (Å²) in [5, 5.41) is 11.5. The van der Waals surface area contributed by atoms with Crippen molar-refractivity contribution in [1.82, 2.24) is 15.5 Å². The zero-order valence-corrected chi connectivity index (χ0v) is 8.94. The van der Waals surface area contributed by atoms with Crippen molar-refractivity contribution in [3.63, 3.8) is 0 Å². The fourth-order valence-electron chi connectivity index (χ4n) is 1.60. The van der Waals surface area contributed by atoms with E-state index in [9.17, 15) is 0 Å². The first-order chi connectivity index (χ1) is 7.40. The van der Waals surface area contributed by atoms with E-state index in [-0.39, 0.29) is 0 Å². The number of rotatable bonds is 3. The van der Waals surface area contributed by atoms with Gasteiger partial charge in [-0.05, 0) is 13.0 Å². The number of piperazine rings is 1. The van der Waals surface area contributed by atoms with Crippen LogP contribution in [0.5, 0.6) is 5.88 Å². The molecule has 5 heteroatoms. The van der Waals surface area contributed by atoms with Gasteiger partial charge in [0.15, 0.2) is 5.82 Å². The summed E-state index contributed by atoms with van der Waals surface area (Å²) in [6.45, 7) is 6.56. The normalized spacial score (nSPS) is 16.5. The lowest BCUT2D eigenvalue weighted by atomic mass is 10.3. The van der Waals surface area contributed by atoms with Crippen LogP contribution in [0.25, 0.3) is 0 Å². The summed E-state index contributed by atoms with van der Waals surface area (Å²) in [6, 6.07) is 3.83. The Balaban J connectivity index is 2.02. The number of nitrogens with one attached hydrogen (secondary N) is 1. The molecule has 5 nitrogen and oxygen atoms in total. The lowest BCUT2D eigenvalue weighted by Gasteiger charge is -2.27. The van der Waals surface area contributed by atoms with Crippen molar-refractivity contribution in [2.45, 2.75) is 6.92 Å². The second kappa shape index (κ2) is 4.93. The molecule has 1 aliphatic rings. The summed E-state index contributed by atoms with van der Waals surface area (Å²) in [6.07, 6.45) is 0. The molecule has 0 bridgehead atoms. The zero-order chi connectivity index (χ0) is 10.5. The molecule has 1 aromatic rings. The van der Waals surface area contributed by atoms with Crippen molar-refractivity contribution in [2.24, 2.45) is 0 Å². The van der Waals surface area contributed by atoms with Crippen molar-refractivity contribution in [2.75, 3.05) is 37.7 Å². The standard InChI is InChI=1S/C10H16N4O/c1-2-15-10-4-3-9(12-13-10)14-7-5-11-6-8-14/h3-4,11H,2,5-8H2,1H3. The third-order valence-electron chi connectivity index (χ3n) is 2.36. The molecule has 15 heavy (non-hydrogen) atoms. The molecule has 1 N–H and O–H groups in total. The van der Waals surface area contributed by atoms with Crippen LogP contribution in [-0.2, 0) is 0 Å². The Labute approximate surface area is 89.4 Å². The highest BCUT2D eigenvalue weighted by Gasteiger charge is 2.11. The lowest BCUT2D eigenvalue weighted by Crippen LogP contribution is -2.43. The van der Waals surface area contributed by atoms with Gasteiger partial charge in [0.2, 0.25) is 5.88 Å². The molecule has 1 aliphatic heterocycles. The molecule has 1 aromatic heterocycles. The molecule has 2 heterocycles. The van der Waals surface area contributed by atoms with Gasteiger partial charge >= 0.3 is 0 Å². The molecule has 0 radical (unpaired) electrons. The van der Waals surface area contributed by atoms with Gasteiger partial charge in [-0.15, -0.1) is 10.2 Å². The minimum atomic E-state index is 0.594. The highest BCUT2D eigenvalue weighted by molar-refractivity contribution is 5.38. The average Bonchev–Trinajstić information content (AvgIpc) is 2.32. The predicted octanol–water partition coefficient (Wildman–Crippen LogP) is 0.285. The highest BCUT2D eigenvalue weighted by Crippen LogP contribution is 2.13. The van der Waals surface area contributed by atoms with E-state index >= 15 is 0 Å². The van der Waals surface area contributed by atoms with E-state index in [4.69, 9.17) is 4.74 Å². The summed E-state index contributed by atoms with van der Waals surface area (Å²) in [5.74, 6) is 1.52. The Morgan fingerprint density at radius 3 is 2.73 bits per heavy atom. The van der Waals surface area contributed by atoms with E-state index < -0.39 is 0 Å². The van der Waals surface area contributed by atoms with Gasteiger partial charge in [0.1, 0.15) is 0 Å². The number of hydrogen-bond donors (Lipinski definition) is 1. The average molecular weight is 208 g/mol. The van der Waals surface area contributed by atoms with Crippen molar-refractivity contribution in [3.05, 3.63) is 12.1 Å². The largest absolute Gasteiger partial charge is 0.477 e. The summed E-state index contributed by atoms with van der Waals surface area (Å²) >= 11 is 0. The number of anilines is 1. The summed E-state index contributed by atoms with van der Waals surface area (Å²) in [5.41, 5.74) is 0. The Hall–Kier alpha value is -1.36. The first kappa shape index (κ1) is 10.2. The minimum Gasteiger partial charge on any atom is -0.477 e. The topological polar surface area (TPSA) is 50.3 Å². The molecule has 0 spiro atoms. The van der Waals surface area contributed by atoms with Crippen LogP contribution >= 0.6 is 0 Å². The molecular formula is C10H16N4O. The third kappa shape index (κ3) is 2.56. The van der Waals surface area contributed by atoms with E-state index in [2.05, 4.69) is 20.4 Å². The zero-order valence-electron chi connectivity index (χ0n) is 8.94. The molecule has 1 fully saturated rings. The second-order valence-corrected chi connectivity index (χ2v) is 3.40. The van der Waals surface area contributed by atoms with Crippen molar-refractivity contribution in [3.8, 4) is 5.88 Å². The van der Waals surface area contributed by atoms with E-state index in [0.717, 1.165) is 32.0 Å². The second-order valence-electron chi connectivity index (χ2n) is 3.40. The maximum Gasteiger partial charge on any atom is 0.233 e. The van der Waals surface area contributed by atoms with Crippen molar-refractivity contribution in [1.29, 1.82) is 0 Å². The molecule has 0 saturated carbocycles. The van der Waals surface area contributed by atoms with Crippen LogP contribution < -0.4 is 15.0 Å². The SMILES string of the molecule is CCOc1ccc(N2CCNCC2)nn1. The Morgan fingerprint density at radius 2 is 2.13 bits per heavy atom. The first-order valence-electron chi connectivity index (χ1n) is 5.32. The van der Waals surface area contributed by atoms with Crippen LogP contribution in [0.1, 0.15) is 6.92 Å². The van der Waals surface area contributed by atoms with Gasteiger partial charge < -0.3 is 15.0 Å². The van der Waals surface area contributed by atoms with Gasteiger partial charge in [0, 0.05) is 32.2 Å². The maximum absolute atomic E-state index is 5.24. The number of hydrogen-bond acceptors (Lipinski definition) is 5. The van der Waals surface area contributed by atoms with Crippen LogP contribution in [-0.4, -0.2) is 43.0 Å². The molecule has 0 aliphatic carbocycles. The number of aromatic nitrogens is 2. The number of nitrogens with zero attached hydrogens (tertiary/aromatic N) is 3. The molecule has 0 atom stereocenters. The summed E-state index contributed by atoms with van der Waals surface area (Å²) < 4.78 is 5.24. The van der Waals surface area contributed by atoms with E-state index in [1.165, 1.54) is 0 Å². The highest BCUT2D eigenvalue weighted by atomic mass is 16.5. The molecule has 1 saturated heterocycles. The van der Waals surface area contributed by atoms with Gasteiger partial charge in [-0.1, -0.05) is 0 Å². The van der Waals surface area contributed by atoms with Crippen LogP contribution in [0.4, 0.5) is 5.82 Å². The van der Waals surface area contributed by atoms with Crippen molar-refractivity contribution < 1.29 is 4.74 Å². The quantitative estimate of drug-likeness (QED) is 0.773. The van der Waals surface area contributed by atoms with Gasteiger partial charge in [-0.25, -0.2) is 0 Å². The molecule has 0 amide bonds.